The fraction of sp³-hybridized carbons (Fsp3) is 0.571. The molecule has 0 amide bonds. The molecule has 0 saturated heterocycles. The Morgan fingerprint density at radius 2 is 2.20 bits per heavy atom. The van der Waals surface area contributed by atoms with E-state index in [0.29, 0.717) is 0 Å². The van der Waals surface area contributed by atoms with Crippen LogP contribution in [0.25, 0.3) is 0 Å². The minimum atomic E-state index is -4.90. The van der Waals surface area contributed by atoms with Crippen molar-refractivity contribution >= 4 is 16.4 Å². The van der Waals surface area contributed by atoms with Gasteiger partial charge in [-0.25, -0.2) is 8.42 Å². The summed E-state index contributed by atoms with van der Waals surface area (Å²) < 4.78 is 34.7. The molecular formula is C7H8O7S-2. The van der Waals surface area contributed by atoms with E-state index in [2.05, 4.69) is 4.18 Å². The van der Waals surface area contributed by atoms with E-state index in [1.165, 1.54) is 0 Å². The number of carboxylic acids is 1. The standard InChI is InChI=1S/C7H10O7S/c8-5-3-4(7(9)10)1-2-6(5)14-15(11,12)13/h3,5-6,8H,1-2H2,(H,9,10)(H,11,12,13)/p-2/t5-,6?/m0/s1. The SMILES string of the molecule is O=C([O-])C1=C[C@H](O)C(OS(=O)(=O)[O-])CC1. The topological polar surface area (TPSA) is 127 Å². The van der Waals surface area contributed by atoms with Gasteiger partial charge in [0.2, 0.25) is 10.4 Å². The number of aliphatic carboxylic acids is 1. The third-order valence-electron chi connectivity index (χ3n) is 1.95. The van der Waals surface area contributed by atoms with Crippen molar-refractivity contribution in [2.24, 2.45) is 0 Å². The second-order valence-electron chi connectivity index (χ2n) is 3.05. The van der Waals surface area contributed by atoms with Crippen LogP contribution in [0.4, 0.5) is 0 Å². The molecule has 0 saturated carbocycles. The minimum absolute atomic E-state index is 0.0143. The molecule has 0 aromatic carbocycles. The number of hydrogen-bond acceptors (Lipinski definition) is 7. The molecule has 0 radical (unpaired) electrons. The number of hydrogen-bond donors (Lipinski definition) is 1. The number of aliphatic hydroxyl groups excluding tert-OH is 1. The molecule has 7 nitrogen and oxygen atoms in total. The zero-order chi connectivity index (χ0) is 11.6. The molecule has 1 N–H and O–H groups in total. The largest absolute Gasteiger partial charge is 0.726 e. The first-order chi connectivity index (χ1) is 6.79. The van der Waals surface area contributed by atoms with E-state index in [0.717, 1.165) is 6.08 Å². The maximum atomic E-state index is 10.4. The third-order valence-corrected chi connectivity index (χ3v) is 2.44. The fourth-order valence-corrected chi connectivity index (χ4v) is 1.80. The lowest BCUT2D eigenvalue weighted by atomic mass is 9.95. The summed E-state index contributed by atoms with van der Waals surface area (Å²) in [5, 5.41) is 19.6. The van der Waals surface area contributed by atoms with Crippen LogP contribution < -0.4 is 5.11 Å². The van der Waals surface area contributed by atoms with Crippen molar-refractivity contribution < 1.29 is 32.2 Å². The highest BCUT2D eigenvalue weighted by Crippen LogP contribution is 2.21. The monoisotopic (exact) mass is 236 g/mol. The molecule has 0 heterocycles. The maximum Gasteiger partial charge on any atom is 0.218 e. The second kappa shape index (κ2) is 4.27. The predicted molar refractivity (Wildman–Crippen MR) is 42.9 cm³/mol. The molecule has 8 heteroatoms. The Hall–Kier alpha value is -0.960. The van der Waals surface area contributed by atoms with Crippen molar-refractivity contribution in [2.75, 3.05) is 0 Å². The lowest BCUT2D eigenvalue weighted by Gasteiger charge is -2.27. The zero-order valence-corrected chi connectivity index (χ0v) is 8.27. The summed E-state index contributed by atoms with van der Waals surface area (Å²) in [6.45, 7) is 0. The van der Waals surface area contributed by atoms with E-state index < -0.39 is 28.6 Å². The van der Waals surface area contributed by atoms with Crippen LogP contribution in [0.5, 0.6) is 0 Å². The lowest BCUT2D eigenvalue weighted by molar-refractivity contribution is -0.299. The van der Waals surface area contributed by atoms with Gasteiger partial charge in [-0.3, -0.25) is 4.18 Å². The molecule has 1 aliphatic carbocycles. The Bertz CT molecular complexity index is 382. The first-order valence-electron chi connectivity index (χ1n) is 4.04. The molecule has 0 bridgehead atoms. The van der Waals surface area contributed by atoms with Gasteiger partial charge in [0.25, 0.3) is 0 Å². The van der Waals surface area contributed by atoms with Crippen LogP contribution in [0.1, 0.15) is 12.8 Å². The van der Waals surface area contributed by atoms with E-state index in [4.69, 9.17) is 0 Å². The van der Waals surface area contributed by atoms with Crippen LogP contribution in [-0.2, 0) is 19.4 Å². The van der Waals surface area contributed by atoms with Crippen molar-refractivity contribution in [3.8, 4) is 0 Å². The van der Waals surface area contributed by atoms with Crippen molar-refractivity contribution in [2.45, 2.75) is 25.0 Å². The zero-order valence-electron chi connectivity index (χ0n) is 7.45. The predicted octanol–water partition coefficient (Wildman–Crippen LogP) is -2.34. The number of carboxylic acid groups (broad SMARTS) is 1. The Balaban J connectivity index is 2.73. The van der Waals surface area contributed by atoms with E-state index >= 15 is 0 Å². The van der Waals surface area contributed by atoms with Gasteiger partial charge in [0.15, 0.2) is 0 Å². The van der Waals surface area contributed by atoms with Crippen LogP contribution in [-0.4, -0.2) is 36.3 Å². The van der Waals surface area contributed by atoms with Crippen molar-refractivity contribution in [1.29, 1.82) is 0 Å². The van der Waals surface area contributed by atoms with Gasteiger partial charge in [-0.05, 0) is 24.5 Å². The van der Waals surface area contributed by atoms with Crippen LogP contribution in [0, 0.1) is 0 Å². The molecule has 1 rings (SSSR count). The molecule has 1 aliphatic rings. The molecule has 0 aromatic rings. The summed E-state index contributed by atoms with van der Waals surface area (Å²) in [5.41, 5.74) is -0.134. The second-order valence-corrected chi connectivity index (χ2v) is 4.06. The smallest absolute Gasteiger partial charge is 0.218 e. The lowest BCUT2D eigenvalue weighted by Crippen LogP contribution is -2.36. The molecule has 15 heavy (non-hydrogen) atoms. The normalized spacial score (nSPS) is 27.2. The van der Waals surface area contributed by atoms with E-state index in [1.54, 1.807) is 0 Å². The average Bonchev–Trinajstić information content (AvgIpc) is 2.05. The summed E-state index contributed by atoms with van der Waals surface area (Å²) >= 11 is 0. The molecule has 0 aromatic heterocycles. The van der Waals surface area contributed by atoms with Crippen molar-refractivity contribution in [1.82, 2.24) is 0 Å². The van der Waals surface area contributed by atoms with Crippen molar-refractivity contribution in [3.05, 3.63) is 11.6 Å². The number of carbonyl (C=O) groups excluding carboxylic acids is 1. The quantitative estimate of drug-likeness (QED) is 0.429. The maximum absolute atomic E-state index is 10.4. The highest BCUT2D eigenvalue weighted by Gasteiger charge is 2.25. The molecular weight excluding hydrogens is 228 g/mol. The van der Waals surface area contributed by atoms with Crippen molar-refractivity contribution in [3.63, 3.8) is 0 Å². The first-order valence-corrected chi connectivity index (χ1v) is 5.37. The molecule has 0 aliphatic heterocycles. The Kier molecular flexibility index (Phi) is 3.45. The Morgan fingerprint density at radius 3 is 2.60 bits per heavy atom. The van der Waals surface area contributed by atoms with E-state index in [1.807, 2.05) is 0 Å². The number of carbonyl (C=O) groups is 1. The van der Waals surface area contributed by atoms with Gasteiger partial charge in [-0.2, -0.15) is 0 Å². The van der Waals surface area contributed by atoms with Gasteiger partial charge in [0, 0.05) is 0 Å². The van der Waals surface area contributed by atoms with E-state index in [9.17, 15) is 28.0 Å². The fourth-order valence-electron chi connectivity index (χ4n) is 1.29. The van der Waals surface area contributed by atoms with E-state index in [-0.39, 0.29) is 18.4 Å². The average molecular weight is 236 g/mol. The highest BCUT2D eigenvalue weighted by molar-refractivity contribution is 7.80. The van der Waals surface area contributed by atoms with Crippen LogP contribution in [0.2, 0.25) is 0 Å². The molecule has 2 atom stereocenters. The minimum Gasteiger partial charge on any atom is -0.726 e. The van der Waals surface area contributed by atoms with Crippen LogP contribution >= 0.6 is 0 Å². The number of rotatable bonds is 3. The van der Waals surface area contributed by atoms with Gasteiger partial charge in [-0.1, -0.05) is 0 Å². The van der Waals surface area contributed by atoms with Gasteiger partial charge in [-0.15, -0.1) is 0 Å². The van der Waals surface area contributed by atoms with Crippen LogP contribution in [0.15, 0.2) is 11.6 Å². The molecule has 0 fully saturated rings. The summed E-state index contributed by atoms with van der Waals surface area (Å²) in [6, 6.07) is 0. The Labute approximate surface area is 85.9 Å². The highest BCUT2D eigenvalue weighted by atomic mass is 32.3. The Morgan fingerprint density at radius 1 is 1.60 bits per heavy atom. The summed E-state index contributed by atoms with van der Waals surface area (Å²) in [6.07, 6.45) is -1.83. The first kappa shape index (κ1) is 12.1. The molecule has 1 unspecified atom stereocenters. The molecule has 86 valence electrons. The third kappa shape index (κ3) is 3.59. The summed E-state index contributed by atoms with van der Waals surface area (Å²) in [5.74, 6) is -1.43. The van der Waals surface area contributed by atoms with Gasteiger partial charge in [0.05, 0.1) is 5.97 Å². The summed E-state index contributed by atoms with van der Waals surface area (Å²) in [7, 11) is -4.90. The van der Waals surface area contributed by atoms with Crippen LogP contribution in [0.3, 0.4) is 0 Å². The van der Waals surface area contributed by atoms with Gasteiger partial charge < -0.3 is 19.6 Å². The summed E-state index contributed by atoms with van der Waals surface area (Å²) in [4.78, 5) is 10.4. The number of aliphatic hydroxyl groups is 1. The van der Waals surface area contributed by atoms with Gasteiger partial charge in [0.1, 0.15) is 12.2 Å². The molecule has 0 spiro atoms. The van der Waals surface area contributed by atoms with Gasteiger partial charge >= 0.3 is 0 Å².